The highest BCUT2D eigenvalue weighted by atomic mass is 16.5. The van der Waals surface area contributed by atoms with Crippen LogP contribution in [0, 0.1) is 17.2 Å². The van der Waals surface area contributed by atoms with E-state index in [-0.39, 0.29) is 0 Å². The predicted octanol–water partition coefficient (Wildman–Crippen LogP) is 1.96. The van der Waals surface area contributed by atoms with E-state index in [2.05, 4.69) is 22.9 Å². The molecule has 0 aromatic carbocycles. The van der Waals surface area contributed by atoms with Gasteiger partial charge in [0.25, 0.3) is 0 Å². The average molecular weight is 243 g/mol. The molecule has 1 aromatic rings. The smallest absolute Gasteiger partial charge is 0.128 e. The van der Waals surface area contributed by atoms with Crippen LogP contribution >= 0.6 is 0 Å². The van der Waals surface area contributed by atoms with Gasteiger partial charge in [0.05, 0.1) is 17.7 Å². The van der Waals surface area contributed by atoms with Gasteiger partial charge in [-0.05, 0) is 31.9 Å². The first-order chi connectivity index (χ1) is 8.83. The van der Waals surface area contributed by atoms with Gasteiger partial charge in [-0.25, -0.2) is 4.98 Å². The lowest BCUT2D eigenvalue weighted by molar-refractivity contribution is 0.0482. The first-order valence-electron chi connectivity index (χ1n) is 6.58. The molecule has 1 saturated heterocycles. The van der Waals surface area contributed by atoms with Crippen LogP contribution in [0.15, 0.2) is 18.3 Å². The van der Waals surface area contributed by atoms with E-state index in [1.54, 1.807) is 6.20 Å². The Labute approximate surface area is 107 Å². The van der Waals surface area contributed by atoms with Gasteiger partial charge in [-0.2, -0.15) is 5.26 Å². The Morgan fingerprint density at radius 1 is 1.50 bits per heavy atom. The maximum absolute atomic E-state index is 8.79. The lowest BCUT2D eigenvalue weighted by Gasteiger charge is -2.28. The van der Waals surface area contributed by atoms with E-state index >= 15 is 0 Å². The number of fused-ring (bicyclic) bond motifs is 2. The van der Waals surface area contributed by atoms with Crippen molar-refractivity contribution in [1.29, 1.82) is 5.26 Å². The molecule has 2 aliphatic rings. The van der Waals surface area contributed by atoms with E-state index in [0.717, 1.165) is 19.0 Å². The number of piperidine rings is 1. The number of nitrogens with zero attached hydrogens (tertiary/aromatic N) is 3. The third kappa shape index (κ3) is 1.75. The monoisotopic (exact) mass is 243 g/mol. The van der Waals surface area contributed by atoms with E-state index in [4.69, 9.17) is 10.00 Å². The Morgan fingerprint density at radius 2 is 2.39 bits per heavy atom. The topological polar surface area (TPSA) is 49.1 Å². The highest BCUT2D eigenvalue weighted by molar-refractivity contribution is 5.45. The molecule has 1 saturated carbocycles. The highest BCUT2D eigenvalue weighted by Gasteiger charge is 2.47. The summed E-state index contributed by atoms with van der Waals surface area (Å²) in [7, 11) is 0. The number of rotatable bonds is 3. The second-order valence-corrected chi connectivity index (χ2v) is 4.99. The van der Waals surface area contributed by atoms with Crippen molar-refractivity contribution in [3.63, 3.8) is 0 Å². The van der Waals surface area contributed by atoms with Gasteiger partial charge in [0.1, 0.15) is 11.9 Å². The van der Waals surface area contributed by atoms with Crippen molar-refractivity contribution in [2.45, 2.75) is 31.9 Å². The second kappa shape index (κ2) is 4.58. The quantitative estimate of drug-likeness (QED) is 0.814. The Hall–Kier alpha value is -1.60. The van der Waals surface area contributed by atoms with Crippen molar-refractivity contribution in [2.75, 3.05) is 18.1 Å². The maximum Gasteiger partial charge on any atom is 0.128 e. The number of pyridine rings is 1. The molecule has 4 nitrogen and oxygen atoms in total. The molecule has 3 unspecified atom stereocenters. The van der Waals surface area contributed by atoms with Crippen LogP contribution in [-0.4, -0.2) is 30.3 Å². The van der Waals surface area contributed by atoms with E-state index in [1.807, 2.05) is 12.1 Å². The summed E-state index contributed by atoms with van der Waals surface area (Å²) in [5, 5.41) is 8.79. The van der Waals surface area contributed by atoms with Crippen LogP contribution in [0.2, 0.25) is 0 Å². The summed E-state index contributed by atoms with van der Waals surface area (Å²) in [6.07, 6.45) is 4.48. The molecule has 94 valence electrons. The summed E-state index contributed by atoms with van der Waals surface area (Å²) in [5.74, 6) is 1.62. The number of nitriles is 1. The Kier molecular flexibility index (Phi) is 2.92. The van der Waals surface area contributed by atoms with Crippen molar-refractivity contribution < 1.29 is 4.74 Å². The third-order valence-corrected chi connectivity index (χ3v) is 4.04. The zero-order chi connectivity index (χ0) is 12.5. The first kappa shape index (κ1) is 11.5. The minimum Gasteiger partial charge on any atom is -0.376 e. The molecule has 1 aromatic heterocycles. The van der Waals surface area contributed by atoms with Gasteiger partial charge in [0, 0.05) is 25.3 Å². The van der Waals surface area contributed by atoms with Gasteiger partial charge < -0.3 is 9.64 Å². The number of ether oxygens (including phenoxy) is 1. The highest BCUT2D eigenvalue weighted by Crippen LogP contribution is 2.41. The van der Waals surface area contributed by atoms with E-state index in [0.29, 0.717) is 23.6 Å². The zero-order valence-electron chi connectivity index (χ0n) is 10.5. The fourth-order valence-electron chi connectivity index (χ4n) is 3.27. The molecule has 1 aliphatic heterocycles. The molecule has 0 radical (unpaired) electrons. The molecule has 4 heteroatoms. The number of hydrogen-bond acceptors (Lipinski definition) is 4. The fraction of sp³-hybridized carbons (Fsp3) is 0.571. The van der Waals surface area contributed by atoms with Crippen molar-refractivity contribution >= 4 is 5.82 Å². The molecule has 2 fully saturated rings. The lowest BCUT2D eigenvalue weighted by atomic mass is 10.1. The molecule has 0 spiro atoms. The van der Waals surface area contributed by atoms with Gasteiger partial charge in [-0.3, -0.25) is 0 Å². The van der Waals surface area contributed by atoms with Crippen LogP contribution in [0.4, 0.5) is 5.82 Å². The summed E-state index contributed by atoms with van der Waals surface area (Å²) >= 11 is 0. The molecule has 0 N–H and O–H groups in total. The average Bonchev–Trinajstić information content (AvgIpc) is 2.97. The minimum atomic E-state index is 0.368. The van der Waals surface area contributed by atoms with E-state index < -0.39 is 0 Å². The van der Waals surface area contributed by atoms with Gasteiger partial charge in [0.2, 0.25) is 0 Å². The van der Waals surface area contributed by atoms with E-state index in [9.17, 15) is 0 Å². The van der Waals surface area contributed by atoms with Crippen LogP contribution in [0.5, 0.6) is 0 Å². The Bertz CT molecular complexity index is 465. The number of aromatic nitrogens is 1. The molecule has 2 heterocycles. The maximum atomic E-state index is 8.79. The minimum absolute atomic E-state index is 0.368. The van der Waals surface area contributed by atoms with Crippen LogP contribution in [0.25, 0.3) is 0 Å². The zero-order valence-corrected chi connectivity index (χ0v) is 10.5. The molecule has 0 amide bonds. The number of hydrogen-bond donors (Lipinski definition) is 0. The largest absolute Gasteiger partial charge is 0.376 e. The standard InChI is InChI=1S/C14H17N3O/c1-2-18-14-11-4-5-12(14)17(9-11)13-6-3-10(7-15)8-16-13/h3,6,8,11-12,14H,2,4-5,9H2,1H3. The predicted molar refractivity (Wildman–Crippen MR) is 68.2 cm³/mol. The summed E-state index contributed by atoms with van der Waals surface area (Å²) in [6.45, 7) is 3.88. The fourth-order valence-corrected chi connectivity index (χ4v) is 3.27. The third-order valence-electron chi connectivity index (χ3n) is 4.04. The van der Waals surface area contributed by atoms with Crippen molar-refractivity contribution in [3.8, 4) is 6.07 Å². The second-order valence-electron chi connectivity index (χ2n) is 4.99. The summed E-state index contributed by atoms with van der Waals surface area (Å²) in [4.78, 5) is 6.74. The summed E-state index contributed by atoms with van der Waals surface area (Å²) in [5.41, 5.74) is 0.615. The van der Waals surface area contributed by atoms with Crippen LogP contribution in [0.3, 0.4) is 0 Å². The summed E-state index contributed by atoms with van der Waals surface area (Å²) < 4.78 is 5.86. The van der Waals surface area contributed by atoms with E-state index in [1.165, 1.54) is 12.8 Å². The van der Waals surface area contributed by atoms with Crippen LogP contribution in [0.1, 0.15) is 25.3 Å². The molecular formula is C14H17N3O. The molecule has 18 heavy (non-hydrogen) atoms. The normalized spacial score (nSPS) is 29.6. The molecule has 1 aliphatic carbocycles. The van der Waals surface area contributed by atoms with Crippen molar-refractivity contribution in [2.24, 2.45) is 5.92 Å². The van der Waals surface area contributed by atoms with Crippen LogP contribution in [-0.2, 0) is 4.74 Å². The van der Waals surface area contributed by atoms with Crippen molar-refractivity contribution in [1.82, 2.24) is 4.98 Å². The molecule has 3 atom stereocenters. The summed E-state index contributed by atoms with van der Waals surface area (Å²) in [6, 6.07) is 6.35. The number of anilines is 1. The van der Waals surface area contributed by atoms with Gasteiger partial charge in [0.15, 0.2) is 0 Å². The van der Waals surface area contributed by atoms with Crippen LogP contribution < -0.4 is 4.90 Å². The molecular weight excluding hydrogens is 226 g/mol. The first-order valence-corrected chi connectivity index (χ1v) is 6.58. The molecule has 3 rings (SSSR count). The van der Waals surface area contributed by atoms with Gasteiger partial charge in [-0.1, -0.05) is 0 Å². The SMILES string of the molecule is CCOC1C2CCC1N(c1ccc(C#N)cn1)C2. The Morgan fingerprint density at radius 3 is 3.06 bits per heavy atom. The molecule has 2 bridgehead atoms. The van der Waals surface area contributed by atoms with Crippen molar-refractivity contribution in [3.05, 3.63) is 23.9 Å². The Balaban J connectivity index is 1.80. The van der Waals surface area contributed by atoms with Gasteiger partial charge in [-0.15, -0.1) is 0 Å². The lowest BCUT2D eigenvalue weighted by Crippen LogP contribution is -2.35. The van der Waals surface area contributed by atoms with Gasteiger partial charge >= 0.3 is 0 Å².